The number of non-ortho nitro benzene ring substituents is 1. The first-order chi connectivity index (χ1) is 16.5. The van der Waals surface area contributed by atoms with Crippen LogP contribution in [0.5, 0.6) is 0 Å². The third-order valence-corrected chi connectivity index (χ3v) is 5.93. The van der Waals surface area contributed by atoms with Crippen LogP contribution in [0.4, 0.5) is 11.4 Å². The molecule has 1 aliphatic heterocycles. The molecule has 34 heavy (non-hydrogen) atoms. The zero-order chi connectivity index (χ0) is 23.7. The molecule has 0 radical (unpaired) electrons. The van der Waals surface area contributed by atoms with Crippen molar-refractivity contribution in [3.63, 3.8) is 0 Å². The average Bonchev–Trinajstić information content (AvgIpc) is 3.51. The number of carbonyl (C=O) groups excluding carboxylic acids is 1. The van der Waals surface area contributed by atoms with Crippen LogP contribution in [0, 0.1) is 17.0 Å². The number of aryl methyl sites for hydroxylation is 1. The fourth-order valence-corrected chi connectivity index (χ4v) is 4.11. The summed E-state index contributed by atoms with van der Waals surface area (Å²) < 4.78 is 7.50. The van der Waals surface area contributed by atoms with E-state index in [0.29, 0.717) is 43.2 Å². The first kappa shape index (κ1) is 21.4. The van der Waals surface area contributed by atoms with Gasteiger partial charge in [0.2, 0.25) is 0 Å². The van der Waals surface area contributed by atoms with Crippen LogP contribution in [0.1, 0.15) is 16.1 Å². The number of hydrogen-bond acceptors (Lipinski definition) is 6. The molecule has 5 rings (SSSR count). The Morgan fingerprint density at radius 3 is 2.26 bits per heavy atom. The Bertz CT molecular complexity index is 1320. The highest BCUT2D eigenvalue weighted by atomic mass is 16.6. The first-order valence-electron chi connectivity index (χ1n) is 11.0. The second-order valence-electron chi connectivity index (χ2n) is 8.13. The maximum Gasteiger partial charge on any atom is 0.269 e. The lowest BCUT2D eigenvalue weighted by molar-refractivity contribution is -0.384. The topological polar surface area (TPSA) is 97.7 Å². The van der Waals surface area contributed by atoms with Gasteiger partial charge in [0.1, 0.15) is 11.5 Å². The van der Waals surface area contributed by atoms with Crippen molar-refractivity contribution in [2.24, 2.45) is 0 Å². The van der Waals surface area contributed by atoms with Crippen LogP contribution in [0.15, 0.2) is 77.3 Å². The van der Waals surface area contributed by atoms with Crippen LogP contribution in [-0.4, -0.2) is 51.7 Å². The van der Waals surface area contributed by atoms with Crippen molar-refractivity contribution in [1.82, 2.24) is 14.7 Å². The Morgan fingerprint density at radius 1 is 0.941 bits per heavy atom. The summed E-state index contributed by atoms with van der Waals surface area (Å²) in [5.74, 6) is 1.20. The summed E-state index contributed by atoms with van der Waals surface area (Å²) in [6.07, 6.45) is 1.76. The predicted octanol–water partition coefficient (Wildman–Crippen LogP) is 4.31. The van der Waals surface area contributed by atoms with E-state index in [4.69, 9.17) is 4.42 Å². The van der Waals surface area contributed by atoms with E-state index >= 15 is 0 Å². The predicted molar refractivity (Wildman–Crippen MR) is 127 cm³/mol. The third kappa shape index (κ3) is 4.15. The molecule has 1 aliphatic rings. The number of rotatable bonds is 5. The van der Waals surface area contributed by atoms with Crippen molar-refractivity contribution < 1.29 is 14.1 Å². The van der Waals surface area contributed by atoms with Crippen molar-refractivity contribution in [2.75, 3.05) is 31.1 Å². The second kappa shape index (κ2) is 8.86. The van der Waals surface area contributed by atoms with Gasteiger partial charge in [-0.15, -0.1) is 0 Å². The van der Waals surface area contributed by atoms with Gasteiger partial charge in [0.25, 0.3) is 11.6 Å². The number of furan rings is 1. The Kier molecular flexibility index (Phi) is 5.59. The minimum Gasteiger partial charge on any atom is -0.460 e. The molecule has 9 heteroatoms. The Morgan fingerprint density at radius 2 is 1.65 bits per heavy atom. The van der Waals surface area contributed by atoms with Crippen LogP contribution in [-0.2, 0) is 0 Å². The molecule has 0 unspecified atom stereocenters. The van der Waals surface area contributed by atoms with Gasteiger partial charge in [-0.25, -0.2) is 4.68 Å². The number of nitro benzene ring substituents is 1. The fraction of sp³-hybridized carbons (Fsp3) is 0.200. The van der Waals surface area contributed by atoms with E-state index in [-0.39, 0.29) is 11.6 Å². The van der Waals surface area contributed by atoms with E-state index in [1.807, 2.05) is 54.3 Å². The number of anilines is 1. The lowest BCUT2D eigenvalue weighted by atomic mass is 10.1. The molecule has 0 bridgehead atoms. The molecule has 2 aromatic heterocycles. The van der Waals surface area contributed by atoms with Crippen LogP contribution in [0.25, 0.3) is 17.1 Å². The fourth-order valence-electron chi connectivity index (χ4n) is 4.11. The molecule has 0 N–H and O–H groups in total. The first-order valence-corrected chi connectivity index (χ1v) is 11.0. The van der Waals surface area contributed by atoms with Crippen molar-refractivity contribution in [2.45, 2.75) is 6.92 Å². The normalized spacial score (nSPS) is 13.8. The van der Waals surface area contributed by atoms with E-state index in [9.17, 15) is 14.9 Å². The summed E-state index contributed by atoms with van der Waals surface area (Å²) in [5, 5.41) is 15.6. The molecule has 4 aromatic rings. The smallest absolute Gasteiger partial charge is 0.269 e. The minimum absolute atomic E-state index is 0.0636. The SMILES string of the molecule is Cc1ccc(-c2nn(-c3ccccc3)cc2C(=O)N2CCN(c3ccc([N+](=O)[O-])cc3)CC2)o1. The van der Waals surface area contributed by atoms with Gasteiger partial charge in [-0.05, 0) is 43.3 Å². The number of para-hydroxylation sites is 1. The van der Waals surface area contributed by atoms with Crippen LogP contribution in [0.2, 0.25) is 0 Å². The van der Waals surface area contributed by atoms with Crippen molar-refractivity contribution >= 4 is 17.3 Å². The second-order valence-corrected chi connectivity index (χ2v) is 8.13. The minimum atomic E-state index is -0.409. The number of amides is 1. The quantitative estimate of drug-likeness (QED) is 0.327. The van der Waals surface area contributed by atoms with Crippen molar-refractivity contribution in [3.05, 3.63) is 94.4 Å². The molecule has 9 nitrogen and oxygen atoms in total. The molecular weight excluding hydrogens is 434 g/mol. The van der Waals surface area contributed by atoms with Gasteiger partial charge >= 0.3 is 0 Å². The molecule has 1 amide bonds. The monoisotopic (exact) mass is 457 g/mol. The van der Waals surface area contributed by atoms with E-state index in [1.165, 1.54) is 12.1 Å². The zero-order valence-corrected chi connectivity index (χ0v) is 18.6. The third-order valence-electron chi connectivity index (χ3n) is 5.93. The number of piperazine rings is 1. The van der Waals surface area contributed by atoms with E-state index in [2.05, 4.69) is 10.00 Å². The number of hydrogen-bond donors (Lipinski definition) is 0. The summed E-state index contributed by atoms with van der Waals surface area (Å²) in [4.78, 5) is 28.0. The summed E-state index contributed by atoms with van der Waals surface area (Å²) in [6, 6.07) is 19.8. The van der Waals surface area contributed by atoms with Gasteiger partial charge in [-0.2, -0.15) is 5.10 Å². The Labute approximate surface area is 196 Å². The standard InChI is InChI=1S/C25H23N5O4/c1-18-7-12-23(34-18)24-22(17-29(26-24)20-5-3-2-4-6-20)25(31)28-15-13-27(14-16-28)19-8-10-21(11-9-19)30(32)33/h2-12,17H,13-16H2,1H3. The van der Waals surface area contributed by atoms with Crippen LogP contribution in [0.3, 0.4) is 0 Å². The number of carbonyl (C=O) groups is 1. The molecule has 2 aromatic carbocycles. The molecule has 1 fully saturated rings. The molecule has 172 valence electrons. The van der Waals surface area contributed by atoms with Gasteiger partial charge < -0.3 is 14.2 Å². The molecular formula is C25H23N5O4. The van der Waals surface area contributed by atoms with Gasteiger partial charge in [0, 0.05) is 50.2 Å². The number of nitro groups is 1. The Hall–Kier alpha value is -4.40. The molecule has 0 saturated carbocycles. The summed E-state index contributed by atoms with van der Waals surface area (Å²) >= 11 is 0. The van der Waals surface area contributed by atoms with Gasteiger partial charge in [-0.1, -0.05) is 18.2 Å². The zero-order valence-electron chi connectivity index (χ0n) is 18.6. The number of nitrogens with zero attached hydrogens (tertiary/aromatic N) is 5. The van der Waals surface area contributed by atoms with Gasteiger partial charge in [0.05, 0.1) is 16.2 Å². The maximum atomic E-state index is 13.5. The van der Waals surface area contributed by atoms with E-state index in [1.54, 1.807) is 23.0 Å². The summed E-state index contributed by atoms with van der Waals surface area (Å²) in [5.41, 5.74) is 2.82. The highest BCUT2D eigenvalue weighted by Crippen LogP contribution is 2.28. The largest absolute Gasteiger partial charge is 0.460 e. The molecule has 3 heterocycles. The average molecular weight is 457 g/mol. The van der Waals surface area contributed by atoms with Gasteiger partial charge in [-0.3, -0.25) is 14.9 Å². The molecule has 0 aliphatic carbocycles. The number of aromatic nitrogens is 2. The van der Waals surface area contributed by atoms with Crippen molar-refractivity contribution in [1.29, 1.82) is 0 Å². The maximum absolute atomic E-state index is 13.5. The highest BCUT2D eigenvalue weighted by molar-refractivity contribution is 5.99. The van der Waals surface area contributed by atoms with Crippen LogP contribution >= 0.6 is 0 Å². The van der Waals surface area contributed by atoms with Crippen molar-refractivity contribution in [3.8, 4) is 17.1 Å². The molecule has 0 atom stereocenters. The lowest BCUT2D eigenvalue weighted by Gasteiger charge is -2.36. The molecule has 1 saturated heterocycles. The Balaban J connectivity index is 1.37. The highest BCUT2D eigenvalue weighted by Gasteiger charge is 2.28. The van der Waals surface area contributed by atoms with E-state index < -0.39 is 4.92 Å². The van der Waals surface area contributed by atoms with Gasteiger partial charge in [0.15, 0.2) is 5.76 Å². The lowest BCUT2D eigenvalue weighted by Crippen LogP contribution is -2.48. The number of benzene rings is 2. The summed E-state index contributed by atoms with van der Waals surface area (Å²) in [6.45, 7) is 4.18. The summed E-state index contributed by atoms with van der Waals surface area (Å²) in [7, 11) is 0. The van der Waals surface area contributed by atoms with E-state index in [0.717, 1.165) is 17.1 Å². The molecule has 0 spiro atoms. The van der Waals surface area contributed by atoms with Crippen LogP contribution < -0.4 is 4.90 Å².